The molecule has 6 heteroatoms. The van der Waals surface area contributed by atoms with Crippen LogP contribution in [0.15, 0.2) is 6.33 Å². The van der Waals surface area contributed by atoms with Gasteiger partial charge in [0.05, 0.1) is 5.69 Å². The van der Waals surface area contributed by atoms with Gasteiger partial charge in [-0.1, -0.05) is 6.92 Å². The Morgan fingerprint density at radius 3 is 3.06 bits per heavy atom. The molecule has 0 atom stereocenters. The van der Waals surface area contributed by atoms with Crippen LogP contribution in [0.1, 0.15) is 23.9 Å². The van der Waals surface area contributed by atoms with Crippen LogP contribution in [-0.2, 0) is 19.4 Å². The summed E-state index contributed by atoms with van der Waals surface area (Å²) in [5.74, 6) is 1.27. The molecule has 0 saturated carbocycles. The lowest BCUT2D eigenvalue weighted by Gasteiger charge is -2.19. The zero-order valence-corrected chi connectivity index (χ0v) is 9.69. The van der Waals surface area contributed by atoms with Crippen LogP contribution in [0.4, 0.5) is 0 Å². The third-order valence-corrected chi connectivity index (χ3v) is 2.98. The third kappa shape index (κ3) is 1.80. The zero-order valence-electron chi connectivity index (χ0n) is 9.69. The first-order chi connectivity index (χ1) is 8.38. The molecule has 2 N–H and O–H groups in total. The second-order valence-electron chi connectivity index (χ2n) is 4.03. The number of H-pyrrole nitrogens is 1. The highest BCUT2D eigenvalue weighted by Gasteiger charge is 2.17. The van der Waals surface area contributed by atoms with E-state index in [1.807, 2.05) is 0 Å². The SMILES string of the molecule is CCc1nc(-c2ncn[nH]2)nc2c1CCNC2. The first kappa shape index (κ1) is 10.3. The largest absolute Gasteiger partial charge is 0.311 e. The Labute approximate surface area is 98.9 Å². The van der Waals surface area contributed by atoms with Crippen LogP contribution in [0.2, 0.25) is 0 Å². The smallest absolute Gasteiger partial charge is 0.197 e. The molecule has 3 rings (SSSR count). The van der Waals surface area contributed by atoms with Crippen molar-refractivity contribution in [3.63, 3.8) is 0 Å². The van der Waals surface area contributed by atoms with Crippen molar-refractivity contribution in [2.75, 3.05) is 6.54 Å². The van der Waals surface area contributed by atoms with Crippen LogP contribution >= 0.6 is 0 Å². The van der Waals surface area contributed by atoms with Gasteiger partial charge in [0.15, 0.2) is 11.6 Å². The normalized spacial score (nSPS) is 14.6. The van der Waals surface area contributed by atoms with Crippen LogP contribution in [0, 0.1) is 0 Å². The molecule has 0 saturated heterocycles. The quantitative estimate of drug-likeness (QED) is 0.784. The van der Waals surface area contributed by atoms with Crippen molar-refractivity contribution in [2.45, 2.75) is 26.3 Å². The summed E-state index contributed by atoms with van der Waals surface area (Å²) in [6.07, 6.45) is 3.41. The Morgan fingerprint density at radius 2 is 2.29 bits per heavy atom. The van der Waals surface area contributed by atoms with Gasteiger partial charge in [0.1, 0.15) is 6.33 Å². The number of hydrogen-bond donors (Lipinski definition) is 2. The van der Waals surface area contributed by atoms with Gasteiger partial charge >= 0.3 is 0 Å². The molecule has 0 amide bonds. The van der Waals surface area contributed by atoms with Gasteiger partial charge in [0, 0.05) is 12.2 Å². The first-order valence-corrected chi connectivity index (χ1v) is 5.83. The molecule has 6 nitrogen and oxygen atoms in total. The molecular formula is C11H14N6. The number of hydrogen-bond acceptors (Lipinski definition) is 5. The summed E-state index contributed by atoms with van der Waals surface area (Å²) in [5.41, 5.74) is 3.52. The molecule has 1 aliphatic heterocycles. The van der Waals surface area contributed by atoms with Gasteiger partial charge in [0.2, 0.25) is 0 Å². The molecular weight excluding hydrogens is 216 g/mol. The molecule has 1 aliphatic rings. The van der Waals surface area contributed by atoms with Gasteiger partial charge in [-0.25, -0.2) is 15.0 Å². The molecule has 0 unspecified atom stereocenters. The number of rotatable bonds is 2. The predicted molar refractivity (Wildman–Crippen MR) is 62.2 cm³/mol. The van der Waals surface area contributed by atoms with Crippen molar-refractivity contribution in [3.8, 4) is 11.6 Å². The summed E-state index contributed by atoms with van der Waals surface area (Å²) in [5, 5.41) is 9.97. The minimum absolute atomic E-state index is 0.632. The zero-order chi connectivity index (χ0) is 11.7. The second kappa shape index (κ2) is 4.21. The van der Waals surface area contributed by atoms with E-state index in [1.54, 1.807) is 0 Å². The predicted octanol–water partition coefficient (Wildman–Crippen LogP) is 0.470. The number of aryl methyl sites for hydroxylation is 1. The first-order valence-electron chi connectivity index (χ1n) is 5.83. The molecule has 0 fully saturated rings. The van der Waals surface area contributed by atoms with E-state index >= 15 is 0 Å². The second-order valence-corrected chi connectivity index (χ2v) is 4.03. The van der Waals surface area contributed by atoms with E-state index in [0.29, 0.717) is 11.6 Å². The van der Waals surface area contributed by atoms with Crippen molar-refractivity contribution in [1.82, 2.24) is 30.5 Å². The van der Waals surface area contributed by atoms with Gasteiger partial charge in [-0.2, -0.15) is 5.10 Å². The standard InChI is InChI=1S/C11H14N6/c1-2-8-7-3-4-12-5-9(7)16-11(15-8)10-13-6-14-17-10/h6,12H,2-5H2,1H3,(H,13,14,17). The van der Waals surface area contributed by atoms with E-state index in [1.165, 1.54) is 11.9 Å². The molecule has 88 valence electrons. The maximum atomic E-state index is 4.57. The van der Waals surface area contributed by atoms with E-state index in [-0.39, 0.29) is 0 Å². The molecule has 0 aliphatic carbocycles. The minimum atomic E-state index is 0.632. The Kier molecular flexibility index (Phi) is 2.56. The average molecular weight is 230 g/mol. The van der Waals surface area contributed by atoms with Gasteiger partial charge in [0.25, 0.3) is 0 Å². The van der Waals surface area contributed by atoms with E-state index in [0.717, 1.165) is 37.3 Å². The molecule has 0 bridgehead atoms. The number of nitrogens with zero attached hydrogens (tertiary/aromatic N) is 4. The van der Waals surface area contributed by atoms with Gasteiger partial charge in [-0.15, -0.1) is 0 Å². The summed E-state index contributed by atoms with van der Waals surface area (Å²) in [6.45, 7) is 3.94. The minimum Gasteiger partial charge on any atom is -0.311 e. The van der Waals surface area contributed by atoms with Crippen molar-refractivity contribution >= 4 is 0 Å². The number of nitrogens with one attached hydrogen (secondary N) is 2. The van der Waals surface area contributed by atoms with Gasteiger partial charge in [-0.3, -0.25) is 5.10 Å². The summed E-state index contributed by atoms with van der Waals surface area (Å²) >= 11 is 0. The topological polar surface area (TPSA) is 79.4 Å². The average Bonchev–Trinajstić information content (AvgIpc) is 2.91. The van der Waals surface area contributed by atoms with Crippen molar-refractivity contribution in [1.29, 1.82) is 0 Å². The highest BCUT2D eigenvalue weighted by atomic mass is 15.2. The van der Waals surface area contributed by atoms with E-state index in [2.05, 4.69) is 37.4 Å². The fourth-order valence-corrected chi connectivity index (χ4v) is 2.15. The molecule has 17 heavy (non-hydrogen) atoms. The maximum absolute atomic E-state index is 4.57. The highest BCUT2D eigenvalue weighted by Crippen LogP contribution is 2.19. The summed E-state index contributed by atoms with van der Waals surface area (Å²) in [4.78, 5) is 13.2. The molecule has 2 aromatic rings. The van der Waals surface area contributed by atoms with Gasteiger partial charge < -0.3 is 5.32 Å². The maximum Gasteiger partial charge on any atom is 0.197 e. The van der Waals surface area contributed by atoms with E-state index in [4.69, 9.17) is 0 Å². The van der Waals surface area contributed by atoms with E-state index < -0.39 is 0 Å². The molecule has 0 aromatic carbocycles. The molecule has 0 spiro atoms. The Morgan fingerprint density at radius 1 is 1.35 bits per heavy atom. The molecule has 2 aromatic heterocycles. The fourth-order valence-electron chi connectivity index (χ4n) is 2.15. The third-order valence-electron chi connectivity index (χ3n) is 2.98. The van der Waals surface area contributed by atoms with Crippen LogP contribution in [-0.4, -0.2) is 31.7 Å². The lowest BCUT2D eigenvalue weighted by Crippen LogP contribution is -2.26. The van der Waals surface area contributed by atoms with Crippen LogP contribution < -0.4 is 5.32 Å². The summed E-state index contributed by atoms with van der Waals surface area (Å²) in [6, 6.07) is 0. The Hall–Kier alpha value is -1.82. The van der Waals surface area contributed by atoms with Crippen LogP contribution in [0.25, 0.3) is 11.6 Å². The van der Waals surface area contributed by atoms with Crippen molar-refractivity contribution < 1.29 is 0 Å². The summed E-state index contributed by atoms with van der Waals surface area (Å²) < 4.78 is 0. The fraction of sp³-hybridized carbons (Fsp3) is 0.455. The number of aromatic amines is 1. The van der Waals surface area contributed by atoms with Crippen molar-refractivity contribution in [2.24, 2.45) is 0 Å². The molecule has 0 radical (unpaired) electrons. The Bertz CT molecular complexity index is 502. The highest BCUT2D eigenvalue weighted by molar-refractivity contribution is 5.45. The number of aromatic nitrogens is 5. The van der Waals surface area contributed by atoms with Crippen LogP contribution in [0.5, 0.6) is 0 Å². The lowest BCUT2D eigenvalue weighted by atomic mass is 10.0. The van der Waals surface area contributed by atoms with Crippen molar-refractivity contribution in [3.05, 3.63) is 23.3 Å². The van der Waals surface area contributed by atoms with E-state index in [9.17, 15) is 0 Å². The molecule has 3 heterocycles. The monoisotopic (exact) mass is 230 g/mol. The Balaban J connectivity index is 2.12. The van der Waals surface area contributed by atoms with Crippen LogP contribution in [0.3, 0.4) is 0 Å². The lowest BCUT2D eigenvalue weighted by molar-refractivity contribution is 0.616. The summed E-state index contributed by atoms with van der Waals surface area (Å²) in [7, 11) is 0. The number of fused-ring (bicyclic) bond motifs is 1. The van der Waals surface area contributed by atoms with Gasteiger partial charge in [-0.05, 0) is 24.9 Å².